The van der Waals surface area contributed by atoms with Crippen LogP contribution in [0.5, 0.6) is 0 Å². The van der Waals surface area contributed by atoms with E-state index in [4.69, 9.17) is 5.73 Å². The second-order valence-electron chi connectivity index (χ2n) is 5.46. The van der Waals surface area contributed by atoms with Crippen molar-refractivity contribution in [1.29, 1.82) is 0 Å². The molecule has 4 heteroatoms. The lowest BCUT2D eigenvalue weighted by molar-refractivity contribution is -0.120. The molecule has 1 aliphatic heterocycles. The van der Waals surface area contributed by atoms with E-state index in [1.54, 1.807) is 0 Å². The van der Waals surface area contributed by atoms with Gasteiger partial charge in [-0.05, 0) is 38.8 Å². The van der Waals surface area contributed by atoms with E-state index < -0.39 is 0 Å². The zero-order valence-corrected chi connectivity index (χ0v) is 10.7. The molecule has 3 N–H and O–H groups in total. The van der Waals surface area contributed by atoms with Gasteiger partial charge in [0.25, 0.3) is 0 Å². The number of nitrogens with one attached hydrogen (secondary N) is 1. The quantitative estimate of drug-likeness (QED) is 0.748. The van der Waals surface area contributed by atoms with Crippen molar-refractivity contribution in [3.8, 4) is 0 Å². The van der Waals surface area contributed by atoms with Gasteiger partial charge in [-0.15, -0.1) is 0 Å². The summed E-state index contributed by atoms with van der Waals surface area (Å²) in [5, 5.41) is 3.36. The Morgan fingerprint density at radius 2 is 1.76 bits per heavy atom. The molecule has 0 spiro atoms. The lowest BCUT2D eigenvalue weighted by atomic mass is 10.1. The van der Waals surface area contributed by atoms with Crippen LogP contribution < -0.4 is 11.1 Å². The molecule has 2 aliphatic rings. The number of carbonyl (C=O) groups excluding carboxylic acids is 1. The van der Waals surface area contributed by atoms with Crippen LogP contribution in [0.1, 0.15) is 44.9 Å². The summed E-state index contributed by atoms with van der Waals surface area (Å²) in [6.07, 6.45) is 8.94. The molecule has 1 unspecified atom stereocenters. The van der Waals surface area contributed by atoms with Crippen molar-refractivity contribution in [3.05, 3.63) is 0 Å². The molecular formula is C13H25N3O. The van der Waals surface area contributed by atoms with Gasteiger partial charge in [0.2, 0.25) is 5.91 Å². The molecule has 0 bridgehead atoms. The van der Waals surface area contributed by atoms with Gasteiger partial charge in [0.15, 0.2) is 0 Å². The van der Waals surface area contributed by atoms with E-state index in [0.29, 0.717) is 6.04 Å². The number of hydrogen-bond acceptors (Lipinski definition) is 3. The molecule has 0 aromatic heterocycles. The van der Waals surface area contributed by atoms with Crippen LogP contribution in [0.3, 0.4) is 0 Å². The summed E-state index contributed by atoms with van der Waals surface area (Å²) in [6, 6.07) is 0.393. The van der Waals surface area contributed by atoms with E-state index in [1.165, 1.54) is 44.9 Å². The number of amides is 1. The van der Waals surface area contributed by atoms with E-state index in [0.717, 1.165) is 19.6 Å². The highest BCUT2D eigenvalue weighted by molar-refractivity contribution is 5.80. The average molecular weight is 239 g/mol. The lowest BCUT2D eigenvalue weighted by Crippen LogP contribution is -2.50. The topological polar surface area (TPSA) is 58.4 Å². The van der Waals surface area contributed by atoms with Crippen molar-refractivity contribution >= 4 is 5.91 Å². The van der Waals surface area contributed by atoms with Gasteiger partial charge >= 0.3 is 0 Å². The average Bonchev–Trinajstić information content (AvgIpc) is 3.03. The molecule has 1 heterocycles. The Labute approximate surface area is 104 Å². The summed E-state index contributed by atoms with van der Waals surface area (Å²) in [5.74, 6) is -0.195. The highest BCUT2D eigenvalue weighted by Gasteiger charge is 2.28. The third-order valence-electron chi connectivity index (χ3n) is 3.75. The predicted octanol–water partition coefficient (Wildman–Crippen LogP) is 0.858. The molecule has 17 heavy (non-hydrogen) atoms. The highest BCUT2D eigenvalue weighted by atomic mass is 16.1. The van der Waals surface area contributed by atoms with Crippen LogP contribution in [0.4, 0.5) is 0 Å². The molecule has 1 saturated carbocycles. The van der Waals surface area contributed by atoms with Crippen LogP contribution in [0, 0.1) is 0 Å². The number of nitrogens with two attached hydrogens (primary N) is 1. The summed E-state index contributed by atoms with van der Waals surface area (Å²) < 4.78 is 0. The van der Waals surface area contributed by atoms with Gasteiger partial charge in [-0.2, -0.15) is 0 Å². The molecule has 1 aliphatic carbocycles. The summed E-state index contributed by atoms with van der Waals surface area (Å²) in [6.45, 7) is 3.04. The van der Waals surface area contributed by atoms with E-state index in [9.17, 15) is 4.79 Å². The SMILES string of the molecule is NC(=O)C(CN1CCCCCCC1)NC1CC1. The molecular weight excluding hydrogens is 214 g/mol. The van der Waals surface area contributed by atoms with Gasteiger partial charge < -0.3 is 16.0 Å². The molecule has 0 aromatic carbocycles. The van der Waals surface area contributed by atoms with Crippen molar-refractivity contribution in [3.63, 3.8) is 0 Å². The fourth-order valence-electron chi connectivity index (χ4n) is 2.51. The van der Waals surface area contributed by atoms with Gasteiger partial charge in [0, 0.05) is 12.6 Å². The molecule has 98 valence electrons. The summed E-state index contributed by atoms with van der Waals surface area (Å²) in [7, 11) is 0. The minimum atomic E-state index is -0.195. The van der Waals surface area contributed by atoms with Crippen LogP contribution in [0.15, 0.2) is 0 Å². The molecule has 1 atom stereocenters. The Bertz CT molecular complexity index is 245. The molecule has 2 fully saturated rings. The number of carbonyl (C=O) groups is 1. The fraction of sp³-hybridized carbons (Fsp3) is 0.923. The maximum Gasteiger partial charge on any atom is 0.235 e. The van der Waals surface area contributed by atoms with Gasteiger partial charge in [-0.3, -0.25) is 4.79 Å². The van der Waals surface area contributed by atoms with Gasteiger partial charge in [-0.1, -0.05) is 19.3 Å². The van der Waals surface area contributed by atoms with Crippen LogP contribution >= 0.6 is 0 Å². The third kappa shape index (κ3) is 4.64. The van der Waals surface area contributed by atoms with Gasteiger partial charge in [0.05, 0.1) is 6.04 Å². The maximum absolute atomic E-state index is 11.4. The van der Waals surface area contributed by atoms with Crippen molar-refractivity contribution in [2.75, 3.05) is 19.6 Å². The first kappa shape index (κ1) is 12.8. The largest absolute Gasteiger partial charge is 0.368 e. The normalized spacial score (nSPS) is 24.9. The van der Waals surface area contributed by atoms with E-state index in [1.807, 2.05) is 0 Å². The number of rotatable bonds is 5. The molecule has 4 nitrogen and oxygen atoms in total. The lowest BCUT2D eigenvalue weighted by Gasteiger charge is -2.28. The van der Waals surface area contributed by atoms with Crippen LogP contribution in [0.2, 0.25) is 0 Å². The standard InChI is InChI=1S/C13H25N3O/c14-13(17)12(15-11-6-7-11)10-16-8-4-2-1-3-5-9-16/h11-12,15H,1-10H2,(H2,14,17). The van der Waals surface area contributed by atoms with Crippen LogP contribution in [-0.2, 0) is 4.79 Å². The Balaban J connectivity index is 1.79. The van der Waals surface area contributed by atoms with Crippen molar-refractivity contribution in [2.45, 2.75) is 57.0 Å². The Morgan fingerprint density at radius 1 is 1.18 bits per heavy atom. The van der Waals surface area contributed by atoms with Gasteiger partial charge in [0.1, 0.15) is 0 Å². The predicted molar refractivity (Wildman–Crippen MR) is 68.7 cm³/mol. The Kier molecular flexibility index (Phi) is 4.80. The van der Waals surface area contributed by atoms with Crippen molar-refractivity contribution in [2.24, 2.45) is 5.73 Å². The first-order chi connectivity index (χ1) is 8.25. The first-order valence-corrected chi connectivity index (χ1v) is 7.03. The van der Waals surface area contributed by atoms with Crippen molar-refractivity contribution in [1.82, 2.24) is 10.2 Å². The van der Waals surface area contributed by atoms with E-state index >= 15 is 0 Å². The third-order valence-corrected chi connectivity index (χ3v) is 3.75. The first-order valence-electron chi connectivity index (χ1n) is 7.03. The molecule has 0 aromatic rings. The number of hydrogen-bond donors (Lipinski definition) is 2. The van der Waals surface area contributed by atoms with Crippen LogP contribution in [0.25, 0.3) is 0 Å². The number of primary amides is 1. The summed E-state index contributed by atoms with van der Waals surface area (Å²) >= 11 is 0. The highest BCUT2D eigenvalue weighted by Crippen LogP contribution is 2.19. The molecule has 2 rings (SSSR count). The van der Waals surface area contributed by atoms with E-state index in [-0.39, 0.29) is 11.9 Å². The Hall–Kier alpha value is -0.610. The summed E-state index contributed by atoms with van der Waals surface area (Å²) in [4.78, 5) is 13.8. The fourth-order valence-corrected chi connectivity index (χ4v) is 2.51. The minimum absolute atomic E-state index is 0.151. The zero-order chi connectivity index (χ0) is 12.1. The second-order valence-corrected chi connectivity index (χ2v) is 5.46. The molecule has 0 radical (unpaired) electrons. The van der Waals surface area contributed by atoms with Gasteiger partial charge in [-0.25, -0.2) is 0 Å². The van der Waals surface area contributed by atoms with Crippen LogP contribution in [-0.4, -0.2) is 42.5 Å². The smallest absolute Gasteiger partial charge is 0.235 e. The summed E-state index contributed by atoms with van der Waals surface area (Å²) in [5.41, 5.74) is 5.47. The Morgan fingerprint density at radius 3 is 2.29 bits per heavy atom. The maximum atomic E-state index is 11.4. The minimum Gasteiger partial charge on any atom is -0.368 e. The van der Waals surface area contributed by atoms with Crippen molar-refractivity contribution < 1.29 is 4.79 Å². The van der Waals surface area contributed by atoms with E-state index in [2.05, 4.69) is 10.2 Å². The molecule has 1 amide bonds. The number of nitrogens with zero attached hydrogens (tertiary/aromatic N) is 1. The number of likely N-dealkylation sites (tertiary alicyclic amines) is 1. The monoisotopic (exact) mass is 239 g/mol. The zero-order valence-electron chi connectivity index (χ0n) is 10.7. The molecule has 1 saturated heterocycles. The second kappa shape index (κ2) is 6.36.